The highest BCUT2D eigenvalue weighted by Gasteiger charge is 2.30. The first-order valence-electron chi connectivity index (χ1n) is 7.97. The first-order chi connectivity index (χ1) is 11.8. The van der Waals surface area contributed by atoms with Gasteiger partial charge in [-0.2, -0.15) is 13.2 Å². The van der Waals surface area contributed by atoms with E-state index in [1.807, 2.05) is 11.8 Å². The van der Waals surface area contributed by atoms with Gasteiger partial charge in [0.05, 0.1) is 17.7 Å². The minimum absolute atomic E-state index is 0.00473. The Morgan fingerprint density at radius 2 is 2.24 bits per heavy atom. The van der Waals surface area contributed by atoms with Crippen molar-refractivity contribution in [3.8, 4) is 10.6 Å². The number of hydrogen-bond acceptors (Lipinski definition) is 4. The monoisotopic (exact) mass is 369 g/mol. The average molecular weight is 369 g/mol. The highest BCUT2D eigenvalue weighted by Crippen LogP contribution is 2.33. The van der Waals surface area contributed by atoms with Crippen molar-refractivity contribution in [2.75, 3.05) is 19.6 Å². The van der Waals surface area contributed by atoms with E-state index in [-0.39, 0.29) is 18.4 Å². The Balaban J connectivity index is 1.73. The second-order valence-electron chi connectivity index (χ2n) is 6.04. The average Bonchev–Trinajstić information content (AvgIpc) is 3.03. The zero-order valence-corrected chi connectivity index (χ0v) is 14.5. The lowest BCUT2D eigenvalue weighted by molar-refractivity contribution is -0.137. The number of benzene rings is 1. The molecule has 0 unspecified atom stereocenters. The van der Waals surface area contributed by atoms with Crippen molar-refractivity contribution in [2.24, 2.45) is 0 Å². The predicted octanol–water partition coefficient (Wildman–Crippen LogP) is 3.19. The summed E-state index contributed by atoms with van der Waals surface area (Å²) in [6.07, 6.45) is -4.22. The molecule has 1 saturated heterocycles. The predicted molar refractivity (Wildman–Crippen MR) is 90.3 cm³/mol. The van der Waals surface area contributed by atoms with Crippen LogP contribution in [0.5, 0.6) is 0 Å². The van der Waals surface area contributed by atoms with Gasteiger partial charge in [0.1, 0.15) is 5.01 Å². The van der Waals surface area contributed by atoms with Gasteiger partial charge in [-0.3, -0.25) is 4.79 Å². The number of halogens is 3. The summed E-state index contributed by atoms with van der Waals surface area (Å²) < 4.78 is 38.5. The first-order valence-corrected chi connectivity index (χ1v) is 8.85. The molecule has 134 valence electrons. The standard InChI is InChI=1S/C17H18F3N3OS/c1-11-9-21-5-6-23(11)15(24)8-14-10-25-16(22-14)12-3-2-4-13(7-12)17(18,19)20/h2-4,7,10-11,21H,5-6,8-9H2,1H3/t11-/m0/s1. The van der Waals surface area contributed by atoms with Crippen LogP contribution in [0.2, 0.25) is 0 Å². The van der Waals surface area contributed by atoms with Gasteiger partial charge in [-0.25, -0.2) is 4.98 Å². The van der Waals surface area contributed by atoms with E-state index in [4.69, 9.17) is 0 Å². The molecule has 0 aliphatic carbocycles. The lowest BCUT2D eigenvalue weighted by Gasteiger charge is -2.33. The van der Waals surface area contributed by atoms with Crippen molar-refractivity contribution < 1.29 is 18.0 Å². The van der Waals surface area contributed by atoms with Gasteiger partial charge in [-0.15, -0.1) is 11.3 Å². The van der Waals surface area contributed by atoms with E-state index in [2.05, 4.69) is 10.3 Å². The number of alkyl halides is 3. The van der Waals surface area contributed by atoms with Crippen molar-refractivity contribution in [1.29, 1.82) is 0 Å². The van der Waals surface area contributed by atoms with Gasteiger partial charge >= 0.3 is 6.18 Å². The minimum atomic E-state index is -4.38. The van der Waals surface area contributed by atoms with Crippen LogP contribution in [0.4, 0.5) is 13.2 Å². The van der Waals surface area contributed by atoms with Gasteiger partial charge < -0.3 is 10.2 Å². The summed E-state index contributed by atoms with van der Waals surface area (Å²) in [5.41, 5.74) is 0.301. The number of amides is 1. The number of piperazine rings is 1. The summed E-state index contributed by atoms with van der Waals surface area (Å²) in [5, 5.41) is 5.45. The zero-order valence-electron chi connectivity index (χ0n) is 13.6. The van der Waals surface area contributed by atoms with E-state index < -0.39 is 11.7 Å². The fraction of sp³-hybridized carbons (Fsp3) is 0.412. The van der Waals surface area contributed by atoms with Gasteiger partial charge in [0, 0.05) is 36.6 Å². The Hall–Kier alpha value is -1.93. The van der Waals surface area contributed by atoms with Crippen molar-refractivity contribution in [1.82, 2.24) is 15.2 Å². The molecule has 2 aromatic rings. The van der Waals surface area contributed by atoms with Crippen LogP contribution in [0.1, 0.15) is 18.2 Å². The van der Waals surface area contributed by atoms with Crippen LogP contribution in [0, 0.1) is 0 Å². The quantitative estimate of drug-likeness (QED) is 0.904. The third-order valence-corrected chi connectivity index (χ3v) is 5.08. The van der Waals surface area contributed by atoms with E-state index in [1.165, 1.54) is 17.4 Å². The molecule has 1 amide bonds. The molecular weight excluding hydrogens is 351 g/mol. The van der Waals surface area contributed by atoms with Gasteiger partial charge in [0.15, 0.2) is 0 Å². The number of rotatable bonds is 3. The van der Waals surface area contributed by atoms with Crippen LogP contribution in [0.15, 0.2) is 29.6 Å². The molecule has 1 aromatic carbocycles. The maximum absolute atomic E-state index is 12.8. The summed E-state index contributed by atoms with van der Waals surface area (Å²) in [5.74, 6) is -0.00473. The Kier molecular flexibility index (Phi) is 5.10. The van der Waals surface area contributed by atoms with Crippen LogP contribution in [0.25, 0.3) is 10.6 Å². The molecule has 8 heteroatoms. The van der Waals surface area contributed by atoms with Gasteiger partial charge in [-0.05, 0) is 19.1 Å². The van der Waals surface area contributed by atoms with E-state index in [1.54, 1.807) is 11.4 Å². The molecule has 25 heavy (non-hydrogen) atoms. The fourth-order valence-electron chi connectivity index (χ4n) is 2.82. The number of carbonyl (C=O) groups excluding carboxylic acids is 1. The molecule has 1 atom stereocenters. The molecule has 1 aliphatic heterocycles. The number of aromatic nitrogens is 1. The molecule has 0 saturated carbocycles. The van der Waals surface area contributed by atoms with Crippen LogP contribution in [-0.2, 0) is 17.4 Å². The zero-order chi connectivity index (χ0) is 18.0. The largest absolute Gasteiger partial charge is 0.416 e. The summed E-state index contributed by atoms with van der Waals surface area (Å²) in [4.78, 5) is 18.6. The normalized spacial score (nSPS) is 18.4. The van der Waals surface area contributed by atoms with E-state index in [0.29, 0.717) is 22.8 Å². The SMILES string of the molecule is C[C@H]1CNCCN1C(=O)Cc1csc(-c2cccc(C(F)(F)F)c2)n1. The van der Waals surface area contributed by atoms with Crippen molar-refractivity contribution >= 4 is 17.2 Å². The molecule has 1 fully saturated rings. The number of nitrogens with zero attached hydrogens (tertiary/aromatic N) is 2. The number of thiazole rings is 1. The number of nitrogens with one attached hydrogen (secondary N) is 1. The topological polar surface area (TPSA) is 45.2 Å². The Labute approximate surface area is 147 Å². The molecule has 2 heterocycles. The Morgan fingerprint density at radius 1 is 1.44 bits per heavy atom. The molecule has 1 aliphatic rings. The summed E-state index contributed by atoms with van der Waals surface area (Å²) >= 11 is 1.25. The molecule has 1 aromatic heterocycles. The van der Waals surface area contributed by atoms with Crippen molar-refractivity contribution in [3.05, 3.63) is 40.9 Å². The molecular formula is C17H18F3N3OS. The van der Waals surface area contributed by atoms with E-state index in [0.717, 1.165) is 25.2 Å². The Morgan fingerprint density at radius 3 is 2.96 bits per heavy atom. The van der Waals surface area contributed by atoms with Crippen molar-refractivity contribution in [3.63, 3.8) is 0 Å². The molecule has 1 N–H and O–H groups in total. The van der Waals surface area contributed by atoms with Crippen LogP contribution >= 0.6 is 11.3 Å². The van der Waals surface area contributed by atoms with Gasteiger partial charge in [0.2, 0.25) is 5.91 Å². The summed E-state index contributed by atoms with van der Waals surface area (Å²) in [6.45, 7) is 4.17. The molecule has 4 nitrogen and oxygen atoms in total. The lowest BCUT2D eigenvalue weighted by Crippen LogP contribution is -2.52. The second kappa shape index (κ2) is 7.13. The number of carbonyl (C=O) groups is 1. The lowest BCUT2D eigenvalue weighted by atomic mass is 10.1. The molecule has 0 radical (unpaired) electrons. The van der Waals surface area contributed by atoms with E-state index >= 15 is 0 Å². The van der Waals surface area contributed by atoms with Gasteiger partial charge in [-0.1, -0.05) is 12.1 Å². The summed E-state index contributed by atoms with van der Waals surface area (Å²) in [7, 11) is 0. The smallest absolute Gasteiger partial charge is 0.337 e. The van der Waals surface area contributed by atoms with E-state index in [9.17, 15) is 18.0 Å². The fourth-order valence-corrected chi connectivity index (χ4v) is 3.63. The first kappa shape index (κ1) is 17.9. The maximum atomic E-state index is 12.8. The Bertz CT molecular complexity index is 760. The van der Waals surface area contributed by atoms with Gasteiger partial charge in [0.25, 0.3) is 0 Å². The number of hydrogen-bond donors (Lipinski definition) is 1. The second-order valence-corrected chi connectivity index (χ2v) is 6.90. The third kappa shape index (κ3) is 4.19. The van der Waals surface area contributed by atoms with Crippen molar-refractivity contribution in [2.45, 2.75) is 25.6 Å². The molecule has 3 rings (SSSR count). The van der Waals surface area contributed by atoms with Crippen LogP contribution < -0.4 is 5.32 Å². The third-order valence-electron chi connectivity index (χ3n) is 4.14. The summed E-state index contributed by atoms with van der Waals surface area (Å²) in [6, 6.07) is 5.21. The molecule has 0 spiro atoms. The highest BCUT2D eigenvalue weighted by atomic mass is 32.1. The molecule has 0 bridgehead atoms. The highest BCUT2D eigenvalue weighted by molar-refractivity contribution is 7.13. The van der Waals surface area contributed by atoms with Crippen LogP contribution in [-0.4, -0.2) is 41.5 Å². The van der Waals surface area contributed by atoms with Crippen LogP contribution in [0.3, 0.4) is 0 Å². The maximum Gasteiger partial charge on any atom is 0.416 e. The minimum Gasteiger partial charge on any atom is -0.337 e.